The van der Waals surface area contributed by atoms with Gasteiger partial charge < -0.3 is 0 Å². The molecule has 0 spiro atoms. The van der Waals surface area contributed by atoms with Crippen LogP contribution in [0.3, 0.4) is 0 Å². The molecule has 5 aromatic carbocycles. The van der Waals surface area contributed by atoms with Crippen LogP contribution < -0.4 is 0 Å². The molecule has 8 rings (SSSR count). The van der Waals surface area contributed by atoms with Gasteiger partial charge in [0.05, 0.1) is 22.4 Å². The Bertz CT molecular complexity index is 2240. The Labute approximate surface area is 255 Å². The summed E-state index contributed by atoms with van der Waals surface area (Å²) < 4.78 is 0. The highest BCUT2D eigenvalue weighted by molar-refractivity contribution is 6.04. The average molecular weight is 563 g/mol. The van der Waals surface area contributed by atoms with Crippen molar-refractivity contribution in [1.29, 1.82) is 0 Å². The van der Waals surface area contributed by atoms with Crippen molar-refractivity contribution in [3.05, 3.63) is 158 Å². The molecule has 0 amide bonds. The summed E-state index contributed by atoms with van der Waals surface area (Å²) in [7, 11) is 0. The molecule has 0 aliphatic carbocycles. The molecule has 3 aromatic heterocycles. The SMILES string of the molecule is c1ccc(-c2ccc(-c3cnc(-c4cccc(-c5ccc6ccc7ccc(-c8ccccc8)nc7c6n5)c4)nc3)cc2)cc1. The normalized spacial score (nSPS) is 11.2. The zero-order valence-electron chi connectivity index (χ0n) is 23.8. The predicted molar refractivity (Wildman–Crippen MR) is 180 cm³/mol. The van der Waals surface area contributed by atoms with Gasteiger partial charge in [-0.1, -0.05) is 127 Å². The maximum atomic E-state index is 5.12. The highest BCUT2D eigenvalue weighted by Crippen LogP contribution is 2.30. The van der Waals surface area contributed by atoms with Crippen molar-refractivity contribution in [2.75, 3.05) is 0 Å². The maximum Gasteiger partial charge on any atom is 0.159 e. The lowest BCUT2D eigenvalue weighted by molar-refractivity contribution is 1.18. The molecular formula is C40H26N4. The average Bonchev–Trinajstić information content (AvgIpc) is 3.12. The summed E-state index contributed by atoms with van der Waals surface area (Å²) in [6.07, 6.45) is 3.78. The molecule has 44 heavy (non-hydrogen) atoms. The van der Waals surface area contributed by atoms with E-state index in [0.717, 1.165) is 61.0 Å². The summed E-state index contributed by atoms with van der Waals surface area (Å²) in [6.45, 7) is 0. The molecule has 0 unspecified atom stereocenters. The van der Waals surface area contributed by atoms with Gasteiger partial charge in [-0.3, -0.25) is 0 Å². The van der Waals surface area contributed by atoms with Gasteiger partial charge in [0.15, 0.2) is 5.82 Å². The van der Waals surface area contributed by atoms with Gasteiger partial charge in [0.1, 0.15) is 0 Å². The fraction of sp³-hybridized carbons (Fsp3) is 0. The molecular weight excluding hydrogens is 536 g/mol. The quantitative estimate of drug-likeness (QED) is 0.196. The second-order valence-electron chi connectivity index (χ2n) is 10.8. The molecule has 0 saturated heterocycles. The third-order valence-corrected chi connectivity index (χ3v) is 7.98. The standard InChI is InChI=1S/C40H26N4/c1-3-8-27(9-4-1)28-14-16-29(17-15-28)35-25-41-40(42-26-35)34-13-7-12-33(24-34)37-23-21-32-19-18-31-20-22-36(30-10-5-2-6-11-30)43-38(31)39(32)44-37/h1-26H. The van der Waals surface area contributed by atoms with E-state index in [4.69, 9.17) is 19.9 Å². The molecule has 0 bridgehead atoms. The first-order valence-electron chi connectivity index (χ1n) is 14.6. The largest absolute Gasteiger partial charge is 0.245 e. The van der Waals surface area contributed by atoms with Gasteiger partial charge in [0, 0.05) is 45.4 Å². The molecule has 0 N–H and O–H groups in total. The van der Waals surface area contributed by atoms with Crippen LogP contribution in [-0.4, -0.2) is 19.9 Å². The minimum Gasteiger partial charge on any atom is -0.245 e. The minimum absolute atomic E-state index is 0.678. The molecule has 0 aliphatic rings. The zero-order chi connectivity index (χ0) is 29.3. The van der Waals surface area contributed by atoms with E-state index in [1.54, 1.807) is 0 Å². The van der Waals surface area contributed by atoms with Crippen molar-refractivity contribution in [3.63, 3.8) is 0 Å². The van der Waals surface area contributed by atoms with Gasteiger partial charge in [-0.05, 0) is 34.9 Å². The fourth-order valence-corrected chi connectivity index (χ4v) is 5.63. The molecule has 4 heteroatoms. The lowest BCUT2D eigenvalue weighted by atomic mass is 10.0. The highest BCUT2D eigenvalue weighted by Gasteiger charge is 2.11. The van der Waals surface area contributed by atoms with E-state index in [9.17, 15) is 0 Å². The molecule has 8 aromatic rings. The topological polar surface area (TPSA) is 51.6 Å². The predicted octanol–water partition coefficient (Wildman–Crippen LogP) is 9.91. The number of pyridine rings is 2. The summed E-state index contributed by atoms with van der Waals surface area (Å²) in [5.74, 6) is 0.678. The smallest absolute Gasteiger partial charge is 0.159 e. The van der Waals surface area contributed by atoms with E-state index in [-0.39, 0.29) is 0 Å². The summed E-state index contributed by atoms with van der Waals surface area (Å²) in [5.41, 5.74) is 11.1. The second kappa shape index (κ2) is 11.0. The van der Waals surface area contributed by atoms with E-state index in [0.29, 0.717) is 5.82 Å². The third kappa shape index (κ3) is 4.89. The number of fused-ring (bicyclic) bond motifs is 3. The first-order chi connectivity index (χ1) is 21.8. The molecule has 0 fully saturated rings. The Morgan fingerprint density at radius 3 is 1.39 bits per heavy atom. The Hall–Kier alpha value is -6.00. The van der Waals surface area contributed by atoms with Gasteiger partial charge in [-0.15, -0.1) is 0 Å². The Morgan fingerprint density at radius 1 is 0.318 bits per heavy atom. The number of hydrogen-bond donors (Lipinski definition) is 0. The van der Waals surface area contributed by atoms with Gasteiger partial charge >= 0.3 is 0 Å². The van der Waals surface area contributed by atoms with E-state index in [1.807, 2.05) is 48.8 Å². The summed E-state index contributed by atoms with van der Waals surface area (Å²) >= 11 is 0. The third-order valence-electron chi connectivity index (χ3n) is 7.98. The fourth-order valence-electron chi connectivity index (χ4n) is 5.63. The molecule has 0 saturated carbocycles. The Kier molecular flexibility index (Phi) is 6.43. The van der Waals surface area contributed by atoms with E-state index < -0.39 is 0 Å². The second-order valence-corrected chi connectivity index (χ2v) is 10.8. The number of benzene rings is 5. The molecule has 206 valence electrons. The van der Waals surface area contributed by atoms with Gasteiger partial charge in [-0.25, -0.2) is 19.9 Å². The van der Waals surface area contributed by atoms with Crippen LogP contribution in [0.15, 0.2) is 158 Å². The van der Waals surface area contributed by atoms with Crippen molar-refractivity contribution in [3.8, 4) is 56.2 Å². The van der Waals surface area contributed by atoms with E-state index >= 15 is 0 Å². The number of nitrogens with zero attached hydrogens (tertiary/aromatic N) is 4. The first-order valence-corrected chi connectivity index (χ1v) is 14.6. The lowest BCUT2D eigenvalue weighted by Crippen LogP contribution is -1.92. The van der Waals surface area contributed by atoms with E-state index in [1.165, 1.54) is 11.1 Å². The van der Waals surface area contributed by atoms with Crippen LogP contribution in [0.1, 0.15) is 0 Å². The number of rotatable bonds is 5. The summed E-state index contributed by atoms with van der Waals surface area (Å²) in [5, 5.41) is 2.13. The molecule has 0 atom stereocenters. The monoisotopic (exact) mass is 562 g/mol. The van der Waals surface area contributed by atoms with Gasteiger partial charge in [0.2, 0.25) is 0 Å². The molecule has 4 nitrogen and oxygen atoms in total. The Balaban J connectivity index is 1.11. The van der Waals surface area contributed by atoms with Crippen molar-refractivity contribution in [2.24, 2.45) is 0 Å². The Morgan fingerprint density at radius 2 is 0.773 bits per heavy atom. The number of hydrogen-bond acceptors (Lipinski definition) is 4. The van der Waals surface area contributed by atoms with Crippen LogP contribution in [0.4, 0.5) is 0 Å². The zero-order valence-corrected chi connectivity index (χ0v) is 23.8. The van der Waals surface area contributed by atoms with Gasteiger partial charge in [0.25, 0.3) is 0 Å². The maximum absolute atomic E-state index is 5.12. The van der Waals surface area contributed by atoms with Crippen LogP contribution in [0.25, 0.3) is 78.0 Å². The van der Waals surface area contributed by atoms with Crippen molar-refractivity contribution >= 4 is 21.8 Å². The molecule has 0 aliphatic heterocycles. The summed E-state index contributed by atoms with van der Waals surface area (Å²) in [4.78, 5) is 19.6. The van der Waals surface area contributed by atoms with Crippen LogP contribution in [0.2, 0.25) is 0 Å². The van der Waals surface area contributed by atoms with Crippen molar-refractivity contribution < 1.29 is 0 Å². The lowest BCUT2D eigenvalue weighted by Gasteiger charge is -2.09. The van der Waals surface area contributed by atoms with Crippen LogP contribution in [0.5, 0.6) is 0 Å². The van der Waals surface area contributed by atoms with Crippen LogP contribution >= 0.6 is 0 Å². The van der Waals surface area contributed by atoms with Crippen LogP contribution in [-0.2, 0) is 0 Å². The minimum atomic E-state index is 0.678. The van der Waals surface area contributed by atoms with Crippen LogP contribution in [0, 0.1) is 0 Å². The van der Waals surface area contributed by atoms with Crippen molar-refractivity contribution in [2.45, 2.75) is 0 Å². The molecule has 0 radical (unpaired) electrons. The molecule has 3 heterocycles. The first kappa shape index (κ1) is 25.7. The van der Waals surface area contributed by atoms with Crippen molar-refractivity contribution in [1.82, 2.24) is 19.9 Å². The van der Waals surface area contributed by atoms with Gasteiger partial charge in [-0.2, -0.15) is 0 Å². The van der Waals surface area contributed by atoms with E-state index in [2.05, 4.69) is 109 Å². The highest BCUT2D eigenvalue weighted by atomic mass is 14.9. The summed E-state index contributed by atoms with van der Waals surface area (Å²) in [6, 6.07) is 50.0. The number of aromatic nitrogens is 4.